The summed E-state index contributed by atoms with van der Waals surface area (Å²) in [4.78, 5) is 0. The first-order valence-corrected chi connectivity index (χ1v) is 8.09. The Morgan fingerprint density at radius 1 is 1.16 bits per heavy atom. The molecule has 2 rings (SSSR count). The van der Waals surface area contributed by atoms with E-state index in [1.807, 2.05) is 0 Å². The molecular weight excluding hydrogens is 230 g/mol. The predicted octanol–water partition coefficient (Wildman–Crippen LogP) is 4.49. The van der Waals surface area contributed by atoms with Gasteiger partial charge in [0, 0.05) is 6.04 Å². The van der Waals surface area contributed by atoms with Crippen molar-refractivity contribution in [2.24, 2.45) is 5.92 Å². The van der Waals surface area contributed by atoms with Gasteiger partial charge in [-0.05, 0) is 56.2 Å². The summed E-state index contributed by atoms with van der Waals surface area (Å²) in [6.45, 7) is 5.67. The maximum Gasteiger partial charge on any atom is 0.0136 e. The van der Waals surface area contributed by atoms with Crippen molar-refractivity contribution in [2.75, 3.05) is 6.54 Å². The highest BCUT2D eigenvalue weighted by atomic mass is 14.9. The van der Waals surface area contributed by atoms with Crippen LogP contribution in [0.4, 0.5) is 0 Å². The molecule has 106 valence electrons. The van der Waals surface area contributed by atoms with Gasteiger partial charge in [-0.1, -0.05) is 50.5 Å². The summed E-state index contributed by atoms with van der Waals surface area (Å²) in [5, 5.41) is 3.81. The Bertz CT molecular complexity index is 366. The first-order chi connectivity index (χ1) is 9.31. The molecule has 1 aliphatic carbocycles. The number of benzene rings is 1. The quantitative estimate of drug-likeness (QED) is 0.794. The Morgan fingerprint density at radius 3 is 2.58 bits per heavy atom. The van der Waals surface area contributed by atoms with E-state index in [4.69, 9.17) is 0 Å². The molecule has 0 amide bonds. The van der Waals surface area contributed by atoms with E-state index in [-0.39, 0.29) is 0 Å². The summed E-state index contributed by atoms with van der Waals surface area (Å²) >= 11 is 0. The van der Waals surface area contributed by atoms with E-state index in [0.29, 0.717) is 6.04 Å². The van der Waals surface area contributed by atoms with Gasteiger partial charge in [-0.3, -0.25) is 0 Å². The molecule has 1 unspecified atom stereocenters. The largest absolute Gasteiger partial charge is 0.313 e. The third kappa shape index (κ3) is 4.35. The van der Waals surface area contributed by atoms with Crippen LogP contribution in [0.25, 0.3) is 0 Å². The second kappa shape index (κ2) is 7.69. The van der Waals surface area contributed by atoms with E-state index < -0.39 is 0 Å². The highest BCUT2D eigenvalue weighted by Gasteiger charge is 2.23. The van der Waals surface area contributed by atoms with Gasteiger partial charge in [0.05, 0.1) is 0 Å². The molecule has 1 N–H and O–H groups in total. The van der Waals surface area contributed by atoms with Crippen LogP contribution in [0.3, 0.4) is 0 Å². The lowest BCUT2D eigenvalue weighted by molar-refractivity contribution is 0.267. The van der Waals surface area contributed by atoms with E-state index in [0.717, 1.165) is 12.5 Å². The summed E-state index contributed by atoms with van der Waals surface area (Å²) in [6.07, 6.45) is 9.60. The van der Waals surface area contributed by atoms with Crippen molar-refractivity contribution in [3.05, 3.63) is 35.4 Å². The van der Waals surface area contributed by atoms with Gasteiger partial charge in [0.2, 0.25) is 0 Å². The molecule has 0 spiro atoms. The second-order valence-corrected chi connectivity index (χ2v) is 6.09. The van der Waals surface area contributed by atoms with Gasteiger partial charge >= 0.3 is 0 Å². The number of nitrogens with one attached hydrogen (secondary N) is 1. The fourth-order valence-corrected chi connectivity index (χ4v) is 3.35. The minimum absolute atomic E-state index is 0.682. The number of hydrogen-bond donors (Lipinski definition) is 1. The Kier molecular flexibility index (Phi) is 5.91. The first kappa shape index (κ1) is 14.6. The lowest BCUT2D eigenvalue weighted by Gasteiger charge is -2.31. The molecule has 1 aliphatic rings. The second-order valence-electron chi connectivity index (χ2n) is 6.09. The molecule has 19 heavy (non-hydrogen) atoms. The topological polar surface area (TPSA) is 12.0 Å². The monoisotopic (exact) mass is 259 g/mol. The third-order valence-corrected chi connectivity index (χ3v) is 4.58. The minimum Gasteiger partial charge on any atom is -0.313 e. The van der Waals surface area contributed by atoms with Gasteiger partial charge in [-0.25, -0.2) is 0 Å². The highest BCUT2D eigenvalue weighted by molar-refractivity contribution is 5.26. The van der Waals surface area contributed by atoms with E-state index >= 15 is 0 Å². The Labute approximate surface area is 118 Å². The van der Waals surface area contributed by atoms with Crippen molar-refractivity contribution in [2.45, 2.75) is 64.8 Å². The van der Waals surface area contributed by atoms with Crippen LogP contribution >= 0.6 is 0 Å². The minimum atomic E-state index is 0.682. The lowest BCUT2D eigenvalue weighted by Crippen LogP contribution is -2.39. The van der Waals surface area contributed by atoms with Gasteiger partial charge in [0.1, 0.15) is 0 Å². The Morgan fingerprint density at radius 2 is 1.89 bits per heavy atom. The molecule has 0 heterocycles. The van der Waals surface area contributed by atoms with E-state index in [1.54, 1.807) is 0 Å². The zero-order valence-electron chi connectivity index (χ0n) is 12.6. The fraction of sp³-hybridized carbons (Fsp3) is 0.667. The Hall–Kier alpha value is -0.820. The number of hydrogen-bond acceptors (Lipinski definition) is 1. The van der Waals surface area contributed by atoms with Crippen molar-refractivity contribution < 1.29 is 0 Å². The molecule has 1 atom stereocenters. The van der Waals surface area contributed by atoms with E-state index in [2.05, 4.69) is 43.4 Å². The van der Waals surface area contributed by atoms with Crippen LogP contribution in [-0.4, -0.2) is 12.6 Å². The summed E-state index contributed by atoms with van der Waals surface area (Å²) < 4.78 is 0. The smallest absolute Gasteiger partial charge is 0.0136 e. The third-order valence-electron chi connectivity index (χ3n) is 4.58. The molecular formula is C18H29N. The van der Waals surface area contributed by atoms with Crippen molar-refractivity contribution in [3.63, 3.8) is 0 Å². The zero-order chi connectivity index (χ0) is 13.5. The molecule has 1 saturated carbocycles. The van der Waals surface area contributed by atoms with Crippen LogP contribution in [-0.2, 0) is 6.42 Å². The van der Waals surface area contributed by atoms with Gasteiger partial charge in [0.25, 0.3) is 0 Å². The SMILES string of the molecule is CCCNC(Cc1ccccc1C)C1CCCCC1. The molecule has 1 nitrogen and oxygen atoms in total. The molecule has 1 aromatic rings. The molecule has 0 aliphatic heterocycles. The Balaban J connectivity index is 2.02. The van der Waals surface area contributed by atoms with Gasteiger partial charge in [-0.15, -0.1) is 0 Å². The average Bonchev–Trinajstić information content (AvgIpc) is 2.46. The van der Waals surface area contributed by atoms with Crippen molar-refractivity contribution in [1.29, 1.82) is 0 Å². The van der Waals surface area contributed by atoms with Crippen molar-refractivity contribution >= 4 is 0 Å². The van der Waals surface area contributed by atoms with Gasteiger partial charge in [0.15, 0.2) is 0 Å². The van der Waals surface area contributed by atoms with Crippen LogP contribution in [0.5, 0.6) is 0 Å². The lowest BCUT2D eigenvalue weighted by atomic mass is 9.81. The van der Waals surface area contributed by atoms with Gasteiger partial charge < -0.3 is 5.32 Å². The van der Waals surface area contributed by atoms with Crippen LogP contribution in [0.2, 0.25) is 0 Å². The normalized spacial score (nSPS) is 18.4. The number of rotatable bonds is 6. The highest BCUT2D eigenvalue weighted by Crippen LogP contribution is 2.28. The summed E-state index contributed by atoms with van der Waals surface area (Å²) in [5.74, 6) is 0.889. The van der Waals surface area contributed by atoms with E-state index in [1.165, 1.54) is 56.1 Å². The molecule has 0 saturated heterocycles. The molecule has 0 aromatic heterocycles. The van der Waals surface area contributed by atoms with Crippen LogP contribution in [0.15, 0.2) is 24.3 Å². The van der Waals surface area contributed by atoms with Crippen molar-refractivity contribution in [1.82, 2.24) is 5.32 Å². The van der Waals surface area contributed by atoms with Crippen LogP contribution in [0.1, 0.15) is 56.6 Å². The average molecular weight is 259 g/mol. The van der Waals surface area contributed by atoms with E-state index in [9.17, 15) is 0 Å². The predicted molar refractivity (Wildman–Crippen MR) is 83.5 cm³/mol. The summed E-state index contributed by atoms with van der Waals surface area (Å²) in [7, 11) is 0. The van der Waals surface area contributed by atoms with Crippen LogP contribution < -0.4 is 5.32 Å². The zero-order valence-corrected chi connectivity index (χ0v) is 12.6. The standard InChI is InChI=1S/C18H29N/c1-3-13-19-18(16-10-5-4-6-11-16)14-17-12-8-7-9-15(17)2/h7-9,12,16,18-19H,3-6,10-11,13-14H2,1-2H3. The molecule has 1 heteroatoms. The number of aryl methyl sites for hydroxylation is 1. The summed E-state index contributed by atoms with van der Waals surface area (Å²) in [6, 6.07) is 9.56. The van der Waals surface area contributed by atoms with Gasteiger partial charge in [-0.2, -0.15) is 0 Å². The maximum absolute atomic E-state index is 3.81. The molecule has 1 fully saturated rings. The summed E-state index contributed by atoms with van der Waals surface area (Å²) in [5.41, 5.74) is 2.98. The fourth-order valence-electron chi connectivity index (χ4n) is 3.35. The van der Waals surface area contributed by atoms with Crippen LogP contribution in [0, 0.1) is 12.8 Å². The van der Waals surface area contributed by atoms with Crippen molar-refractivity contribution in [3.8, 4) is 0 Å². The molecule has 1 aromatic carbocycles. The molecule has 0 bridgehead atoms. The first-order valence-electron chi connectivity index (χ1n) is 8.09. The maximum atomic E-state index is 3.81. The molecule has 0 radical (unpaired) electrons.